The van der Waals surface area contributed by atoms with Gasteiger partial charge in [-0.1, -0.05) is 39.0 Å². The minimum Gasteiger partial charge on any atom is -0.402 e. The first-order chi connectivity index (χ1) is 5.77. The average molecular weight is 174 g/mol. The smallest absolute Gasteiger partial charge is 0.402 e. The van der Waals surface area contributed by atoms with Gasteiger partial charge in [0.2, 0.25) is 0 Å². The number of rotatable bonds is 8. The maximum absolute atomic E-state index is 8.33. The summed E-state index contributed by atoms with van der Waals surface area (Å²) in [4.78, 5) is 0. The Hall–Kier alpha value is -0.0551. The minimum absolute atomic E-state index is 0.448. The van der Waals surface area contributed by atoms with Gasteiger partial charge in [0.1, 0.15) is 0 Å². The van der Waals surface area contributed by atoms with Crippen molar-refractivity contribution in [3.63, 3.8) is 0 Å². The van der Waals surface area contributed by atoms with Crippen LogP contribution in [0.25, 0.3) is 0 Å². The standard InChI is InChI=1S/C8H19BO3/c1-2-3-4-5-6-7-8-12-9(10)11/h10-11H,2-8H2,1H3. The van der Waals surface area contributed by atoms with Crippen LogP contribution in [0.15, 0.2) is 0 Å². The highest BCUT2D eigenvalue weighted by Crippen LogP contribution is 2.04. The Morgan fingerprint density at radius 2 is 1.58 bits per heavy atom. The predicted molar refractivity (Wildman–Crippen MR) is 49.5 cm³/mol. The van der Waals surface area contributed by atoms with E-state index in [0.29, 0.717) is 6.61 Å². The molecule has 0 bridgehead atoms. The van der Waals surface area contributed by atoms with Gasteiger partial charge >= 0.3 is 7.32 Å². The molecule has 0 heterocycles. The topological polar surface area (TPSA) is 49.7 Å². The molecular weight excluding hydrogens is 155 g/mol. The Bertz CT molecular complexity index is 88.4. The predicted octanol–water partition coefficient (Wildman–Crippen LogP) is 1.33. The summed E-state index contributed by atoms with van der Waals surface area (Å²) in [6.45, 7) is 2.63. The molecule has 0 aromatic carbocycles. The fourth-order valence-corrected chi connectivity index (χ4v) is 1.07. The maximum atomic E-state index is 8.33. The number of hydrogen-bond donors (Lipinski definition) is 2. The van der Waals surface area contributed by atoms with Gasteiger partial charge in [0, 0.05) is 6.61 Å². The summed E-state index contributed by atoms with van der Waals surface area (Å²) < 4.78 is 4.56. The molecule has 0 aliphatic rings. The molecule has 0 aromatic heterocycles. The van der Waals surface area contributed by atoms with Crippen molar-refractivity contribution < 1.29 is 14.7 Å². The van der Waals surface area contributed by atoms with Crippen LogP contribution in [0.4, 0.5) is 0 Å². The zero-order chi connectivity index (χ0) is 9.23. The first-order valence-electron chi connectivity index (χ1n) is 4.75. The third kappa shape index (κ3) is 9.94. The molecule has 0 fully saturated rings. The quantitative estimate of drug-likeness (QED) is 0.431. The van der Waals surface area contributed by atoms with Crippen molar-refractivity contribution in [2.45, 2.75) is 45.4 Å². The van der Waals surface area contributed by atoms with Gasteiger partial charge in [-0.25, -0.2) is 0 Å². The van der Waals surface area contributed by atoms with Crippen molar-refractivity contribution in [3.05, 3.63) is 0 Å². The molecule has 0 atom stereocenters. The summed E-state index contributed by atoms with van der Waals surface area (Å²) in [6.07, 6.45) is 7.08. The molecule has 12 heavy (non-hydrogen) atoms. The van der Waals surface area contributed by atoms with E-state index in [1.54, 1.807) is 0 Å². The van der Waals surface area contributed by atoms with E-state index in [9.17, 15) is 0 Å². The van der Waals surface area contributed by atoms with Crippen LogP contribution in [0.3, 0.4) is 0 Å². The summed E-state index contributed by atoms with van der Waals surface area (Å²) >= 11 is 0. The highest BCUT2D eigenvalue weighted by molar-refractivity contribution is 6.32. The van der Waals surface area contributed by atoms with Gasteiger partial charge in [-0.3, -0.25) is 0 Å². The summed E-state index contributed by atoms with van der Waals surface area (Å²) in [6, 6.07) is 0. The maximum Gasteiger partial charge on any atom is 0.633 e. The van der Waals surface area contributed by atoms with Crippen LogP contribution in [-0.4, -0.2) is 24.0 Å². The van der Waals surface area contributed by atoms with Gasteiger partial charge in [0.05, 0.1) is 0 Å². The normalized spacial score (nSPS) is 10.2. The van der Waals surface area contributed by atoms with E-state index in [2.05, 4.69) is 11.6 Å². The summed E-state index contributed by atoms with van der Waals surface area (Å²) in [5.41, 5.74) is 0. The molecule has 72 valence electrons. The lowest BCUT2D eigenvalue weighted by atomic mass is 10.1. The monoisotopic (exact) mass is 174 g/mol. The lowest BCUT2D eigenvalue weighted by Gasteiger charge is -2.01. The second-order valence-corrected chi connectivity index (χ2v) is 2.96. The Morgan fingerprint density at radius 3 is 2.17 bits per heavy atom. The van der Waals surface area contributed by atoms with E-state index in [1.165, 1.54) is 25.7 Å². The molecule has 0 rings (SSSR count). The van der Waals surface area contributed by atoms with Crippen molar-refractivity contribution in [2.24, 2.45) is 0 Å². The van der Waals surface area contributed by atoms with Crippen molar-refractivity contribution in [1.29, 1.82) is 0 Å². The summed E-state index contributed by atoms with van der Waals surface area (Å²) in [7, 11) is -1.60. The molecule has 3 nitrogen and oxygen atoms in total. The first kappa shape index (κ1) is 11.9. The second-order valence-electron chi connectivity index (χ2n) is 2.96. The van der Waals surface area contributed by atoms with E-state index >= 15 is 0 Å². The van der Waals surface area contributed by atoms with Gasteiger partial charge < -0.3 is 14.7 Å². The third-order valence-corrected chi connectivity index (χ3v) is 1.76. The summed E-state index contributed by atoms with van der Waals surface area (Å²) in [5, 5.41) is 16.7. The Kier molecular flexibility index (Phi) is 8.99. The highest BCUT2D eigenvalue weighted by Gasteiger charge is 2.06. The molecule has 0 aliphatic heterocycles. The molecule has 0 aliphatic carbocycles. The van der Waals surface area contributed by atoms with Crippen LogP contribution in [0.5, 0.6) is 0 Å². The fraction of sp³-hybridized carbons (Fsp3) is 1.00. The average Bonchev–Trinajstić information content (AvgIpc) is 2.02. The second kappa shape index (κ2) is 9.04. The van der Waals surface area contributed by atoms with Crippen molar-refractivity contribution in [3.8, 4) is 0 Å². The lowest BCUT2D eigenvalue weighted by molar-refractivity contribution is 0.182. The summed E-state index contributed by atoms with van der Waals surface area (Å²) in [5.74, 6) is 0. The number of hydrogen-bond acceptors (Lipinski definition) is 3. The SMILES string of the molecule is CCCCCCCCOB(O)O. The van der Waals surface area contributed by atoms with Gasteiger partial charge in [0.25, 0.3) is 0 Å². The van der Waals surface area contributed by atoms with Crippen LogP contribution in [0.1, 0.15) is 45.4 Å². The molecule has 0 saturated heterocycles. The highest BCUT2D eigenvalue weighted by atomic mass is 16.6. The molecule has 0 saturated carbocycles. The lowest BCUT2D eigenvalue weighted by Crippen LogP contribution is -2.17. The molecule has 4 heteroatoms. The molecule has 2 N–H and O–H groups in total. The minimum atomic E-state index is -1.60. The molecule has 0 amide bonds. The molecule has 0 spiro atoms. The molecule has 0 unspecified atom stereocenters. The van der Waals surface area contributed by atoms with Gasteiger partial charge in [-0.15, -0.1) is 0 Å². The number of unbranched alkanes of at least 4 members (excludes halogenated alkanes) is 5. The van der Waals surface area contributed by atoms with Crippen LogP contribution in [0.2, 0.25) is 0 Å². The van der Waals surface area contributed by atoms with Crippen LogP contribution in [0, 0.1) is 0 Å². The van der Waals surface area contributed by atoms with E-state index in [4.69, 9.17) is 10.0 Å². The first-order valence-corrected chi connectivity index (χ1v) is 4.75. The molecular formula is C8H19BO3. The molecule has 0 aromatic rings. The van der Waals surface area contributed by atoms with Gasteiger partial charge in [0.15, 0.2) is 0 Å². The Morgan fingerprint density at radius 1 is 1.00 bits per heavy atom. The third-order valence-electron chi connectivity index (χ3n) is 1.76. The van der Waals surface area contributed by atoms with E-state index in [-0.39, 0.29) is 0 Å². The van der Waals surface area contributed by atoms with Crippen molar-refractivity contribution in [1.82, 2.24) is 0 Å². The van der Waals surface area contributed by atoms with Gasteiger partial charge in [-0.05, 0) is 6.42 Å². The zero-order valence-corrected chi connectivity index (χ0v) is 7.83. The van der Waals surface area contributed by atoms with E-state index in [0.717, 1.165) is 12.8 Å². The van der Waals surface area contributed by atoms with E-state index in [1.807, 2.05) is 0 Å². The van der Waals surface area contributed by atoms with Crippen LogP contribution in [-0.2, 0) is 4.65 Å². The van der Waals surface area contributed by atoms with Crippen molar-refractivity contribution in [2.75, 3.05) is 6.61 Å². The Balaban J connectivity index is 2.82. The van der Waals surface area contributed by atoms with E-state index < -0.39 is 7.32 Å². The zero-order valence-electron chi connectivity index (χ0n) is 7.83. The van der Waals surface area contributed by atoms with Crippen LogP contribution < -0.4 is 0 Å². The van der Waals surface area contributed by atoms with Crippen molar-refractivity contribution >= 4 is 7.32 Å². The Labute approximate surface area is 74.9 Å². The van der Waals surface area contributed by atoms with Gasteiger partial charge in [-0.2, -0.15) is 0 Å². The fourth-order valence-electron chi connectivity index (χ4n) is 1.07. The molecule has 0 radical (unpaired) electrons. The largest absolute Gasteiger partial charge is 0.633 e. The van der Waals surface area contributed by atoms with Crippen LogP contribution >= 0.6 is 0 Å².